The second kappa shape index (κ2) is 7.82. The summed E-state index contributed by atoms with van der Waals surface area (Å²) in [6, 6.07) is 9.50. The molecule has 5 nitrogen and oxygen atoms in total. The smallest absolute Gasteiger partial charge is 0.308 e. The minimum atomic E-state index is -0.808. The molecule has 5 heteroatoms. The molecule has 120 valence electrons. The predicted octanol–water partition coefficient (Wildman–Crippen LogP) is 2.41. The topological polar surface area (TPSA) is 66.8 Å². The lowest BCUT2D eigenvalue weighted by atomic mass is 9.96. The summed E-state index contributed by atoms with van der Waals surface area (Å²) in [7, 11) is 0. The standard InChI is InChI=1S/C17H23NO4/c1-13(9-11-22-15-7-3-2-4-8-15)16(19)18-10-5-6-14(12-18)17(20)21/h2-4,7-8,13-14H,5-6,9-12H2,1H3,(H,20,21). The molecule has 1 N–H and O–H groups in total. The Hall–Kier alpha value is -2.04. The van der Waals surface area contributed by atoms with E-state index in [1.807, 2.05) is 37.3 Å². The molecule has 1 saturated heterocycles. The van der Waals surface area contributed by atoms with Crippen molar-refractivity contribution in [2.45, 2.75) is 26.2 Å². The van der Waals surface area contributed by atoms with Gasteiger partial charge >= 0.3 is 5.97 Å². The van der Waals surface area contributed by atoms with Gasteiger partial charge in [0, 0.05) is 19.0 Å². The zero-order valence-corrected chi connectivity index (χ0v) is 12.9. The van der Waals surface area contributed by atoms with Gasteiger partial charge in [0.15, 0.2) is 0 Å². The summed E-state index contributed by atoms with van der Waals surface area (Å²) in [4.78, 5) is 25.1. The number of nitrogens with zero attached hydrogens (tertiary/aromatic N) is 1. The van der Waals surface area contributed by atoms with Crippen LogP contribution in [0, 0.1) is 11.8 Å². The highest BCUT2D eigenvalue weighted by Gasteiger charge is 2.30. The van der Waals surface area contributed by atoms with Gasteiger partial charge in [0.2, 0.25) is 5.91 Å². The van der Waals surface area contributed by atoms with Crippen LogP contribution >= 0.6 is 0 Å². The lowest BCUT2D eigenvalue weighted by molar-refractivity contribution is -0.146. The number of carbonyl (C=O) groups is 2. The fraction of sp³-hybridized carbons (Fsp3) is 0.529. The van der Waals surface area contributed by atoms with Crippen molar-refractivity contribution in [3.05, 3.63) is 30.3 Å². The van der Waals surface area contributed by atoms with Gasteiger partial charge in [-0.1, -0.05) is 25.1 Å². The van der Waals surface area contributed by atoms with Crippen molar-refractivity contribution < 1.29 is 19.4 Å². The maximum absolute atomic E-state index is 12.4. The number of rotatable bonds is 6. The van der Waals surface area contributed by atoms with E-state index in [0.29, 0.717) is 32.5 Å². The van der Waals surface area contributed by atoms with E-state index in [-0.39, 0.29) is 11.8 Å². The van der Waals surface area contributed by atoms with Crippen LogP contribution in [0.1, 0.15) is 26.2 Å². The molecule has 1 amide bonds. The number of hydrogen-bond acceptors (Lipinski definition) is 3. The van der Waals surface area contributed by atoms with E-state index in [4.69, 9.17) is 9.84 Å². The van der Waals surface area contributed by atoms with Gasteiger partial charge in [0.1, 0.15) is 5.75 Å². The maximum Gasteiger partial charge on any atom is 0.308 e. The third-order valence-electron chi connectivity index (χ3n) is 4.07. The second-order valence-corrected chi connectivity index (χ2v) is 5.81. The third kappa shape index (κ3) is 4.48. The van der Waals surface area contributed by atoms with Crippen molar-refractivity contribution in [2.75, 3.05) is 19.7 Å². The van der Waals surface area contributed by atoms with Crippen LogP contribution in [0.3, 0.4) is 0 Å². The summed E-state index contributed by atoms with van der Waals surface area (Å²) in [5, 5.41) is 9.09. The Balaban J connectivity index is 1.78. The summed E-state index contributed by atoms with van der Waals surface area (Å²) in [5.74, 6) is -0.562. The Labute approximate surface area is 130 Å². The Bertz CT molecular complexity index is 503. The van der Waals surface area contributed by atoms with Crippen molar-refractivity contribution in [1.29, 1.82) is 0 Å². The molecule has 0 saturated carbocycles. The van der Waals surface area contributed by atoms with Crippen molar-refractivity contribution in [3.63, 3.8) is 0 Å². The molecular weight excluding hydrogens is 282 g/mol. The van der Waals surface area contributed by atoms with Gasteiger partial charge in [0.25, 0.3) is 0 Å². The zero-order chi connectivity index (χ0) is 15.9. The van der Waals surface area contributed by atoms with Crippen LogP contribution in [0.25, 0.3) is 0 Å². The largest absolute Gasteiger partial charge is 0.494 e. The van der Waals surface area contributed by atoms with Crippen LogP contribution in [0.2, 0.25) is 0 Å². The van der Waals surface area contributed by atoms with Crippen molar-refractivity contribution >= 4 is 11.9 Å². The number of piperidine rings is 1. The Morgan fingerprint density at radius 1 is 1.36 bits per heavy atom. The van der Waals surface area contributed by atoms with Gasteiger partial charge in [-0.05, 0) is 31.4 Å². The summed E-state index contributed by atoms with van der Waals surface area (Å²) in [6.07, 6.45) is 2.04. The molecule has 1 heterocycles. The molecule has 1 aromatic carbocycles. The molecule has 2 atom stereocenters. The predicted molar refractivity (Wildman–Crippen MR) is 82.7 cm³/mol. The van der Waals surface area contributed by atoms with E-state index in [2.05, 4.69) is 0 Å². The van der Waals surface area contributed by atoms with Crippen molar-refractivity contribution in [2.24, 2.45) is 11.8 Å². The molecule has 22 heavy (non-hydrogen) atoms. The normalized spacial score (nSPS) is 19.5. The summed E-state index contributed by atoms with van der Waals surface area (Å²) >= 11 is 0. The maximum atomic E-state index is 12.4. The van der Waals surface area contributed by atoms with E-state index in [1.165, 1.54) is 0 Å². The number of carbonyl (C=O) groups excluding carboxylic acids is 1. The highest BCUT2D eigenvalue weighted by molar-refractivity contribution is 5.79. The average molecular weight is 305 g/mol. The molecule has 1 fully saturated rings. The molecule has 2 unspecified atom stereocenters. The number of likely N-dealkylation sites (tertiary alicyclic amines) is 1. The Kier molecular flexibility index (Phi) is 5.81. The first-order valence-electron chi connectivity index (χ1n) is 7.77. The zero-order valence-electron chi connectivity index (χ0n) is 12.9. The van der Waals surface area contributed by atoms with E-state index < -0.39 is 11.9 Å². The molecule has 0 bridgehead atoms. The molecule has 1 aromatic rings. The second-order valence-electron chi connectivity index (χ2n) is 5.81. The van der Waals surface area contributed by atoms with Gasteiger partial charge in [-0.25, -0.2) is 0 Å². The van der Waals surface area contributed by atoms with Crippen molar-refractivity contribution in [3.8, 4) is 5.75 Å². The molecular formula is C17H23NO4. The van der Waals surface area contributed by atoms with Crippen LogP contribution in [0.4, 0.5) is 0 Å². The third-order valence-corrected chi connectivity index (χ3v) is 4.07. The number of hydrogen-bond donors (Lipinski definition) is 1. The molecule has 1 aliphatic rings. The molecule has 0 radical (unpaired) electrons. The Morgan fingerprint density at radius 3 is 2.77 bits per heavy atom. The van der Waals surface area contributed by atoms with Gasteiger partial charge in [-0.2, -0.15) is 0 Å². The first-order chi connectivity index (χ1) is 10.6. The van der Waals surface area contributed by atoms with Crippen LogP contribution in [-0.4, -0.2) is 41.6 Å². The van der Waals surface area contributed by atoms with Crippen LogP contribution < -0.4 is 4.74 Å². The SMILES string of the molecule is CC(CCOc1ccccc1)C(=O)N1CCCC(C(=O)O)C1. The summed E-state index contributed by atoms with van der Waals surface area (Å²) in [5.41, 5.74) is 0. The van der Waals surface area contributed by atoms with Gasteiger partial charge in [0.05, 0.1) is 12.5 Å². The first kappa shape index (κ1) is 16.3. The number of carboxylic acids is 1. The van der Waals surface area contributed by atoms with E-state index >= 15 is 0 Å². The highest BCUT2D eigenvalue weighted by atomic mass is 16.5. The van der Waals surface area contributed by atoms with Crippen LogP contribution in [-0.2, 0) is 9.59 Å². The molecule has 0 aromatic heterocycles. The number of para-hydroxylation sites is 1. The fourth-order valence-corrected chi connectivity index (χ4v) is 2.68. The Morgan fingerprint density at radius 2 is 2.09 bits per heavy atom. The van der Waals surface area contributed by atoms with Gasteiger partial charge < -0.3 is 14.7 Å². The first-order valence-corrected chi connectivity index (χ1v) is 7.77. The molecule has 0 spiro atoms. The molecule has 0 aliphatic carbocycles. The number of benzene rings is 1. The van der Waals surface area contributed by atoms with E-state index in [1.54, 1.807) is 4.90 Å². The van der Waals surface area contributed by atoms with Crippen molar-refractivity contribution in [1.82, 2.24) is 4.90 Å². The minimum absolute atomic E-state index is 0.0302. The monoisotopic (exact) mass is 305 g/mol. The minimum Gasteiger partial charge on any atom is -0.494 e. The summed E-state index contributed by atoms with van der Waals surface area (Å²) in [6.45, 7) is 3.35. The van der Waals surface area contributed by atoms with E-state index in [0.717, 1.165) is 12.2 Å². The fourth-order valence-electron chi connectivity index (χ4n) is 2.68. The van der Waals surface area contributed by atoms with Crippen LogP contribution in [0.15, 0.2) is 30.3 Å². The van der Waals surface area contributed by atoms with Gasteiger partial charge in [-0.15, -0.1) is 0 Å². The van der Waals surface area contributed by atoms with Crippen LogP contribution in [0.5, 0.6) is 5.75 Å². The lowest BCUT2D eigenvalue weighted by Gasteiger charge is -2.32. The van der Waals surface area contributed by atoms with Gasteiger partial charge in [-0.3, -0.25) is 9.59 Å². The lowest BCUT2D eigenvalue weighted by Crippen LogP contribution is -2.44. The van der Waals surface area contributed by atoms with E-state index in [9.17, 15) is 9.59 Å². The average Bonchev–Trinajstić information content (AvgIpc) is 2.55. The summed E-state index contributed by atoms with van der Waals surface area (Å²) < 4.78 is 5.61. The quantitative estimate of drug-likeness (QED) is 0.876. The number of aliphatic carboxylic acids is 1. The number of ether oxygens (including phenoxy) is 1. The molecule has 2 rings (SSSR count). The molecule has 1 aliphatic heterocycles. The number of carboxylic acid groups (broad SMARTS) is 1. The highest BCUT2D eigenvalue weighted by Crippen LogP contribution is 2.20. The number of amides is 1.